The van der Waals surface area contributed by atoms with Gasteiger partial charge in [0.25, 0.3) is 5.91 Å². The summed E-state index contributed by atoms with van der Waals surface area (Å²) in [5.41, 5.74) is 4.00. The lowest BCUT2D eigenvalue weighted by Gasteiger charge is -2.16. The molecule has 0 atom stereocenters. The molecular formula is C27H30FN3O3. The van der Waals surface area contributed by atoms with Crippen molar-refractivity contribution in [3.8, 4) is 22.8 Å². The molecule has 0 radical (unpaired) electrons. The largest absolute Gasteiger partial charge is 0.494 e. The van der Waals surface area contributed by atoms with E-state index in [-0.39, 0.29) is 18.2 Å². The molecule has 0 spiro atoms. The lowest BCUT2D eigenvalue weighted by Crippen LogP contribution is -2.24. The van der Waals surface area contributed by atoms with Crippen LogP contribution in [0.4, 0.5) is 4.39 Å². The number of rotatable bonds is 10. The number of nitrogens with one attached hydrogen (secondary N) is 1. The van der Waals surface area contributed by atoms with Crippen LogP contribution in [0.5, 0.6) is 11.6 Å². The lowest BCUT2D eigenvalue weighted by atomic mass is 9.99. The van der Waals surface area contributed by atoms with Gasteiger partial charge in [0.1, 0.15) is 5.56 Å². The Morgan fingerprint density at radius 1 is 1.18 bits per heavy atom. The smallest absolute Gasteiger partial charge is 0.257 e. The summed E-state index contributed by atoms with van der Waals surface area (Å²) >= 11 is 0. The summed E-state index contributed by atoms with van der Waals surface area (Å²) in [5.74, 6) is 0.226. The summed E-state index contributed by atoms with van der Waals surface area (Å²) in [7, 11) is 5.45. The summed E-state index contributed by atoms with van der Waals surface area (Å²) in [4.78, 5) is 19.8. The van der Waals surface area contributed by atoms with Crippen LogP contribution in [0.3, 0.4) is 0 Å². The third-order valence-electron chi connectivity index (χ3n) is 5.73. The summed E-state index contributed by atoms with van der Waals surface area (Å²) in [6.07, 6.45) is 4.04. The van der Waals surface area contributed by atoms with Gasteiger partial charge in [0, 0.05) is 24.8 Å². The molecule has 0 saturated heterocycles. The zero-order valence-corrected chi connectivity index (χ0v) is 19.8. The number of carbonyl (C=O) groups is 1. The van der Waals surface area contributed by atoms with E-state index in [2.05, 4.69) is 21.3 Å². The van der Waals surface area contributed by atoms with E-state index >= 15 is 0 Å². The molecule has 4 rings (SSSR count). The number of amides is 1. The van der Waals surface area contributed by atoms with Gasteiger partial charge in [0.05, 0.1) is 13.7 Å². The molecule has 1 saturated carbocycles. The summed E-state index contributed by atoms with van der Waals surface area (Å²) in [5, 5.41) is 2.87. The Labute approximate surface area is 199 Å². The number of hydrogen-bond acceptors (Lipinski definition) is 5. The second-order valence-corrected chi connectivity index (χ2v) is 8.88. The molecule has 1 heterocycles. The highest BCUT2D eigenvalue weighted by atomic mass is 19.1. The van der Waals surface area contributed by atoms with Crippen LogP contribution in [0.15, 0.2) is 54.7 Å². The van der Waals surface area contributed by atoms with Gasteiger partial charge in [-0.1, -0.05) is 30.3 Å². The lowest BCUT2D eigenvalue weighted by molar-refractivity contribution is 0.0945. The predicted octanol–water partition coefficient (Wildman–Crippen LogP) is 4.68. The van der Waals surface area contributed by atoms with Gasteiger partial charge in [0.15, 0.2) is 11.6 Å². The van der Waals surface area contributed by atoms with Crippen LogP contribution in [-0.2, 0) is 13.1 Å². The molecule has 6 nitrogen and oxygen atoms in total. The Morgan fingerprint density at radius 2 is 1.97 bits per heavy atom. The van der Waals surface area contributed by atoms with E-state index in [1.807, 2.05) is 38.4 Å². The number of pyridine rings is 1. The van der Waals surface area contributed by atoms with Crippen molar-refractivity contribution in [3.63, 3.8) is 0 Å². The van der Waals surface area contributed by atoms with Gasteiger partial charge in [0.2, 0.25) is 5.88 Å². The van der Waals surface area contributed by atoms with E-state index in [1.165, 1.54) is 13.2 Å². The first-order valence-electron chi connectivity index (χ1n) is 11.4. The van der Waals surface area contributed by atoms with Crippen LogP contribution in [0.2, 0.25) is 0 Å². The minimum absolute atomic E-state index is 0.166. The average Bonchev–Trinajstić information content (AvgIpc) is 3.66. The Morgan fingerprint density at radius 3 is 2.68 bits per heavy atom. The Hall–Kier alpha value is -3.45. The maximum atomic E-state index is 14.0. The van der Waals surface area contributed by atoms with Crippen LogP contribution in [-0.4, -0.2) is 43.6 Å². The molecule has 1 aromatic heterocycles. The van der Waals surface area contributed by atoms with Crippen LogP contribution < -0.4 is 14.8 Å². The zero-order chi connectivity index (χ0) is 24.1. The molecular weight excluding hydrogens is 433 g/mol. The Bertz CT molecular complexity index is 1160. The number of carbonyl (C=O) groups excluding carboxylic acids is 1. The molecule has 0 aliphatic heterocycles. The van der Waals surface area contributed by atoms with Crippen LogP contribution >= 0.6 is 0 Å². The number of methoxy groups -OCH3 is 1. The van der Waals surface area contributed by atoms with Crippen molar-refractivity contribution >= 4 is 5.91 Å². The number of hydrogen-bond donors (Lipinski definition) is 1. The number of halogens is 1. The number of ether oxygens (including phenoxy) is 2. The quantitative estimate of drug-likeness (QED) is 0.473. The van der Waals surface area contributed by atoms with Crippen molar-refractivity contribution in [2.75, 3.05) is 27.8 Å². The molecule has 2 aromatic carbocycles. The highest BCUT2D eigenvalue weighted by molar-refractivity contribution is 5.97. The number of aromatic nitrogens is 1. The number of benzene rings is 2. The fourth-order valence-electron chi connectivity index (χ4n) is 3.74. The van der Waals surface area contributed by atoms with Crippen molar-refractivity contribution < 1.29 is 18.7 Å². The van der Waals surface area contributed by atoms with Crippen LogP contribution in [0.25, 0.3) is 11.1 Å². The van der Waals surface area contributed by atoms with E-state index in [4.69, 9.17) is 9.47 Å². The molecule has 1 fully saturated rings. The molecule has 178 valence electrons. The first-order valence-corrected chi connectivity index (χ1v) is 11.4. The second kappa shape index (κ2) is 10.7. The first kappa shape index (κ1) is 23.7. The van der Waals surface area contributed by atoms with Crippen molar-refractivity contribution in [1.29, 1.82) is 0 Å². The topological polar surface area (TPSA) is 63.7 Å². The fraction of sp³-hybridized carbons (Fsp3) is 0.333. The molecule has 1 aliphatic rings. The van der Waals surface area contributed by atoms with Crippen molar-refractivity contribution in [3.05, 3.63) is 77.2 Å². The molecule has 3 aromatic rings. The maximum absolute atomic E-state index is 14.0. The second-order valence-electron chi connectivity index (χ2n) is 8.88. The molecule has 1 aliphatic carbocycles. The maximum Gasteiger partial charge on any atom is 0.257 e. The van der Waals surface area contributed by atoms with Crippen molar-refractivity contribution in [2.24, 2.45) is 5.92 Å². The zero-order valence-electron chi connectivity index (χ0n) is 19.8. The molecule has 34 heavy (non-hydrogen) atoms. The summed E-state index contributed by atoms with van der Waals surface area (Å²) in [6, 6.07) is 14.5. The SMILES string of the molecule is COc1ccc(CNC(=O)c2cc(-c3ccccc3CN(C)C)cnc2OCC2CC2)cc1F. The Balaban J connectivity index is 1.59. The van der Waals surface area contributed by atoms with E-state index < -0.39 is 5.82 Å². The third-order valence-corrected chi connectivity index (χ3v) is 5.73. The van der Waals surface area contributed by atoms with Crippen LogP contribution in [0.1, 0.15) is 34.3 Å². The van der Waals surface area contributed by atoms with Gasteiger partial charge in [-0.25, -0.2) is 9.37 Å². The average molecular weight is 464 g/mol. The first-order chi connectivity index (χ1) is 16.4. The van der Waals surface area contributed by atoms with E-state index in [9.17, 15) is 9.18 Å². The van der Waals surface area contributed by atoms with E-state index in [0.29, 0.717) is 29.5 Å². The summed E-state index contributed by atoms with van der Waals surface area (Å²) in [6.45, 7) is 1.48. The molecule has 0 bridgehead atoms. The number of nitrogens with zero attached hydrogens (tertiary/aromatic N) is 2. The monoisotopic (exact) mass is 463 g/mol. The third kappa shape index (κ3) is 5.91. The van der Waals surface area contributed by atoms with E-state index in [0.717, 1.165) is 36.1 Å². The highest BCUT2D eigenvalue weighted by Gasteiger charge is 2.24. The summed E-state index contributed by atoms with van der Waals surface area (Å²) < 4.78 is 24.9. The predicted molar refractivity (Wildman–Crippen MR) is 129 cm³/mol. The minimum atomic E-state index is -0.469. The molecule has 0 unspecified atom stereocenters. The standard InChI is InChI=1S/C27H30FN3O3/c1-31(2)16-20-6-4-5-7-22(20)21-13-23(27(30-15-21)34-17-18-8-9-18)26(32)29-14-19-10-11-25(33-3)24(28)12-19/h4-7,10-13,15,18H,8-9,14,16-17H2,1-3H3,(H,29,32). The molecule has 1 amide bonds. The van der Waals surface area contributed by atoms with Gasteiger partial charge in [-0.2, -0.15) is 0 Å². The highest BCUT2D eigenvalue weighted by Crippen LogP contribution is 2.32. The molecule has 7 heteroatoms. The fourth-order valence-corrected chi connectivity index (χ4v) is 3.74. The molecule has 1 N–H and O–H groups in total. The van der Waals surface area contributed by atoms with Gasteiger partial charge in [-0.3, -0.25) is 4.79 Å². The van der Waals surface area contributed by atoms with E-state index in [1.54, 1.807) is 18.3 Å². The van der Waals surface area contributed by atoms with Crippen LogP contribution in [0, 0.1) is 11.7 Å². The van der Waals surface area contributed by atoms with Crippen molar-refractivity contribution in [2.45, 2.75) is 25.9 Å². The van der Waals surface area contributed by atoms with Gasteiger partial charge >= 0.3 is 0 Å². The Kier molecular flexibility index (Phi) is 7.43. The van der Waals surface area contributed by atoms with Gasteiger partial charge in [-0.15, -0.1) is 0 Å². The van der Waals surface area contributed by atoms with Crippen molar-refractivity contribution in [1.82, 2.24) is 15.2 Å². The normalized spacial score (nSPS) is 13.1. The minimum Gasteiger partial charge on any atom is -0.494 e. The van der Waals surface area contributed by atoms with Gasteiger partial charge in [-0.05, 0) is 67.7 Å². The van der Waals surface area contributed by atoms with Gasteiger partial charge < -0.3 is 19.7 Å².